The summed E-state index contributed by atoms with van der Waals surface area (Å²) in [4.78, 5) is 22.3. The molecule has 100 valence electrons. The lowest BCUT2D eigenvalue weighted by Gasteiger charge is -2.08. The van der Waals surface area contributed by atoms with Gasteiger partial charge in [0.25, 0.3) is 5.91 Å². The number of amides is 3. The number of nitrogen functional groups attached to an aromatic ring is 1. The number of nitrogens with one attached hydrogen (secondary N) is 2. The molecule has 1 aromatic rings. The maximum Gasteiger partial charge on any atom is 0.312 e. The van der Waals surface area contributed by atoms with Crippen LogP contribution >= 0.6 is 0 Å². The third kappa shape index (κ3) is 4.00. The lowest BCUT2D eigenvalue weighted by atomic mass is 10.3. The molecular formula is C11H19N5O2. The van der Waals surface area contributed by atoms with Gasteiger partial charge in [0.15, 0.2) is 0 Å². The van der Waals surface area contributed by atoms with Crippen molar-refractivity contribution in [3.05, 3.63) is 18.0 Å². The number of aromatic nitrogens is 1. The molecule has 0 fully saturated rings. The minimum absolute atomic E-state index is 0.216. The van der Waals surface area contributed by atoms with Crippen LogP contribution in [0.4, 0.5) is 10.5 Å². The lowest BCUT2D eigenvalue weighted by Crippen LogP contribution is -2.37. The van der Waals surface area contributed by atoms with Gasteiger partial charge in [0, 0.05) is 25.8 Å². The predicted octanol–water partition coefficient (Wildman–Crippen LogP) is -0.122. The summed E-state index contributed by atoms with van der Waals surface area (Å²) in [5.74, 6) is -0.216. The molecule has 1 rings (SSSR count). The van der Waals surface area contributed by atoms with Crippen molar-refractivity contribution < 1.29 is 9.59 Å². The molecule has 1 aromatic heterocycles. The van der Waals surface area contributed by atoms with Crippen molar-refractivity contribution in [3.63, 3.8) is 0 Å². The van der Waals surface area contributed by atoms with Crippen molar-refractivity contribution in [2.45, 2.75) is 19.9 Å². The number of hydrogen-bond acceptors (Lipinski definition) is 3. The highest BCUT2D eigenvalue weighted by molar-refractivity contribution is 5.93. The molecule has 0 aromatic carbocycles. The van der Waals surface area contributed by atoms with E-state index in [1.165, 1.54) is 0 Å². The minimum atomic E-state index is -0.608. The molecule has 0 spiro atoms. The van der Waals surface area contributed by atoms with Crippen LogP contribution in [0, 0.1) is 0 Å². The van der Waals surface area contributed by atoms with Gasteiger partial charge in [-0.25, -0.2) is 4.79 Å². The first-order valence-electron chi connectivity index (χ1n) is 5.81. The Hall–Kier alpha value is -2.18. The molecule has 0 radical (unpaired) electrons. The van der Waals surface area contributed by atoms with Crippen molar-refractivity contribution in [2.75, 3.05) is 18.8 Å². The van der Waals surface area contributed by atoms with Gasteiger partial charge in [0.05, 0.1) is 5.69 Å². The number of primary amides is 1. The van der Waals surface area contributed by atoms with Gasteiger partial charge in [0.1, 0.15) is 5.69 Å². The third-order valence-electron chi connectivity index (χ3n) is 2.32. The van der Waals surface area contributed by atoms with Gasteiger partial charge in [-0.05, 0) is 12.5 Å². The number of hydrogen-bond donors (Lipinski definition) is 4. The Morgan fingerprint density at radius 2 is 2.00 bits per heavy atom. The topological polar surface area (TPSA) is 115 Å². The molecule has 0 bridgehead atoms. The van der Waals surface area contributed by atoms with Crippen LogP contribution in [-0.4, -0.2) is 29.6 Å². The maximum absolute atomic E-state index is 11.9. The molecule has 7 heteroatoms. The Kier molecular flexibility index (Phi) is 5.04. The van der Waals surface area contributed by atoms with E-state index in [-0.39, 0.29) is 5.91 Å². The summed E-state index contributed by atoms with van der Waals surface area (Å²) in [6, 6.07) is 1.02. The van der Waals surface area contributed by atoms with E-state index in [0.717, 1.165) is 13.0 Å². The number of carbonyl (C=O) groups is 2. The fourth-order valence-corrected chi connectivity index (χ4v) is 1.60. The second kappa shape index (κ2) is 6.53. The van der Waals surface area contributed by atoms with Gasteiger partial charge in [-0.15, -0.1) is 0 Å². The first kappa shape index (κ1) is 13.9. The monoisotopic (exact) mass is 253 g/mol. The molecule has 0 saturated carbocycles. The molecule has 0 aliphatic rings. The van der Waals surface area contributed by atoms with Crippen LogP contribution in [0.3, 0.4) is 0 Å². The lowest BCUT2D eigenvalue weighted by molar-refractivity contribution is 0.0944. The molecule has 0 saturated heterocycles. The summed E-state index contributed by atoms with van der Waals surface area (Å²) < 4.78 is 1.81. The van der Waals surface area contributed by atoms with Gasteiger partial charge >= 0.3 is 6.03 Å². The molecule has 0 atom stereocenters. The summed E-state index contributed by atoms with van der Waals surface area (Å²) in [6.45, 7) is 3.37. The molecule has 3 amide bonds. The van der Waals surface area contributed by atoms with E-state index in [1.807, 2.05) is 11.5 Å². The van der Waals surface area contributed by atoms with Gasteiger partial charge in [-0.2, -0.15) is 0 Å². The zero-order chi connectivity index (χ0) is 13.5. The fourth-order valence-electron chi connectivity index (χ4n) is 1.60. The van der Waals surface area contributed by atoms with Crippen LogP contribution < -0.4 is 22.1 Å². The smallest absolute Gasteiger partial charge is 0.312 e. The number of rotatable bonds is 6. The van der Waals surface area contributed by atoms with E-state index in [2.05, 4.69) is 10.6 Å². The standard InChI is InChI=1S/C11H19N5O2/c1-2-5-16-7-8(12)6-9(16)10(17)14-3-4-15-11(13)18/h6-7H,2-5,12H2,1H3,(H,14,17)(H3,13,15,18). The molecule has 0 unspecified atom stereocenters. The van der Waals surface area contributed by atoms with E-state index in [4.69, 9.17) is 11.5 Å². The quantitative estimate of drug-likeness (QED) is 0.529. The Morgan fingerprint density at radius 1 is 1.33 bits per heavy atom. The third-order valence-corrected chi connectivity index (χ3v) is 2.32. The van der Waals surface area contributed by atoms with Crippen LogP contribution in [0.5, 0.6) is 0 Å². The van der Waals surface area contributed by atoms with E-state index >= 15 is 0 Å². The Balaban J connectivity index is 2.52. The fraction of sp³-hybridized carbons (Fsp3) is 0.455. The molecular weight excluding hydrogens is 234 g/mol. The Bertz CT molecular complexity index is 427. The number of aryl methyl sites for hydroxylation is 1. The van der Waals surface area contributed by atoms with Crippen LogP contribution in [0.1, 0.15) is 23.8 Å². The molecule has 0 aliphatic carbocycles. The highest BCUT2D eigenvalue weighted by Gasteiger charge is 2.11. The number of anilines is 1. The van der Waals surface area contributed by atoms with Crippen LogP contribution in [0.25, 0.3) is 0 Å². The van der Waals surface area contributed by atoms with E-state index in [0.29, 0.717) is 24.5 Å². The average molecular weight is 253 g/mol. The second-order valence-electron chi connectivity index (χ2n) is 3.90. The number of urea groups is 1. The zero-order valence-corrected chi connectivity index (χ0v) is 10.4. The molecule has 1 heterocycles. The SMILES string of the molecule is CCCn1cc(N)cc1C(=O)NCCNC(N)=O. The highest BCUT2D eigenvalue weighted by atomic mass is 16.2. The summed E-state index contributed by atoms with van der Waals surface area (Å²) in [6.07, 6.45) is 2.65. The summed E-state index contributed by atoms with van der Waals surface area (Å²) in [5, 5.41) is 5.07. The zero-order valence-electron chi connectivity index (χ0n) is 10.4. The van der Waals surface area contributed by atoms with Crippen LogP contribution in [-0.2, 0) is 6.54 Å². The predicted molar refractivity (Wildman–Crippen MR) is 69.1 cm³/mol. The normalized spacial score (nSPS) is 10.1. The highest BCUT2D eigenvalue weighted by Crippen LogP contribution is 2.11. The molecule has 7 nitrogen and oxygen atoms in total. The number of nitrogens with zero attached hydrogens (tertiary/aromatic N) is 1. The number of carbonyl (C=O) groups excluding carboxylic acids is 2. The second-order valence-corrected chi connectivity index (χ2v) is 3.90. The van der Waals surface area contributed by atoms with Gasteiger partial charge in [0.2, 0.25) is 0 Å². The first-order chi connectivity index (χ1) is 8.54. The van der Waals surface area contributed by atoms with Crippen molar-refractivity contribution in [1.82, 2.24) is 15.2 Å². The van der Waals surface area contributed by atoms with Crippen LogP contribution in [0.2, 0.25) is 0 Å². The summed E-state index contributed by atoms with van der Waals surface area (Å²) in [7, 11) is 0. The van der Waals surface area contributed by atoms with Gasteiger partial charge in [-0.1, -0.05) is 6.92 Å². The van der Waals surface area contributed by atoms with E-state index in [1.54, 1.807) is 12.3 Å². The van der Waals surface area contributed by atoms with E-state index < -0.39 is 6.03 Å². The largest absolute Gasteiger partial charge is 0.397 e. The van der Waals surface area contributed by atoms with Crippen molar-refractivity contribution in [3.8, 4) is 0 Å². The molecule has 0 aliphatic heterocycles. The number of nitrogens with two attached hydrogens (primary N) is 2. The van der Waals surface area contributed by atoms with Crippen molar-refractivity contribution in [2.24, 2.45) is 5.73 Å². The summed E-state index contributed by atoms with van der Waals surface area (Å²) >= 11 is 0. The van der Waals surface area contributed by atoms with Gasteiger partial charge in [-0.3, -0.25) is 4.79 Å². The van der Waals surface area contributed by atoms with Crippen molar-refractivity contribution >= 4 is 17.6 Å². The van der Waals surface area contributed by atoms with E-state index in [9.17, 15) is 9.59 Å². The maximum atomic E-state index is 11.9. The van der Waals surface area contributed by atoms with Gasteiger partial charge < -0.3 is 26.7 Å². The Labute approximate surface area is 106 Å². The average Bonchev–Trinajstić information content (AvgIpc) is 2.66. The minimum Gasteiger partial charge on any atom is -0.397 e. The molecule has 6 N–H and O–H groups in total. The van der Waals surface area contributed by atoms with Crippen molar-refractivity contribution in [1.29, 1.82) is 0 Å². The Morgan fingerprint density at radius 3 is 2.61 bits per heavy atom. The molecule has 18 heavy (non-hydrogen) atoms. The summed E-state index contributed by atoms with van der Waals surface area (Å²) in [5.41, 5.74) is 11.7. The first-order valence-corrected chi connectivity index (χ1v) is 5.81. The van der Waals surface area contributed by atoms with Crippen LogP contribution in [0.15, 0.2) is 12.3 Å².